The van der Waals surface area contributed by atoms with Crippen LogP contribution in [0.4, 0.5) is 13.2 Å². The number of benzene rings is 2. The number of methoxy groups -OCH3 is 1. The molecular weight excluding hydrogens is 325 g/mol. The Morgan fingerprint density at radius 3 is 2.42 bits per heavy atom. The molecule has 1 atom stereocenters. The molecule has 0 aliphatic rings. The van der Waals surface area contributed by atoms with Crippen LogP contribution >= 0.6 is 0 Å². The Labute approximate surface area is 136 Å². The molecule has 0 aliphatic carbocycles. The number of carboxylic acid groups (broad SMARTS) is 1. The summed E-state index contributed by atoms with van der Waals surface area (Å²) in [4.78, 5) is 11.4. The van der Waals surface area contributed by atoms with E-state index in [1.54, 1.807) is 18.2 Å². The van der Waals surface area contributed by atoms with E-state index in [0.717, 1.165) is 12.1 Å². The summed E-state index contributed by atoms with van der Waals surface area (Å²) in [6.45, 7) is 0. The van der Waals surface area contributed by atoms with E-state index in [-0.39, 0.29) is 17.7 Å². The Balaban J connectivity index is 2.18. The molecule has 0 fully saturated rings. The Hall–Kier alpha value is -2.70. The minimum absolute atomic E-state index is 0.198. The van der Waals surface area contributed by atoms with Crippen LogP contribution in [-0.2, 0) is 17.4 Å². The zero-order valence-corrected chi connectivity index (χ0v) is 12.7. The van der Waals surface area contributed by atoms with Gasteiger partial charge in [0.15, 0.2) is 6.10 Å². The topological polar surface area (TPSA) is 55.8 Å². The van der Waals surface area contributed by atoms with Crippen molar-refractivity contribution >= 4 is 5.97 Å². The Morgan fingerprint density at radius 2 is 1.79 bits per heavy atom. The summed E-state index contributed by atoms with van der Waals surface area (Å²) >= 11 is 0. The summed E-state index contributed by atoms with van der Waals surface area (Å²) in [6.07, 6.45) is -6.00. The second-order valence-electron chi connectivity index (χ2n) is 5.03. The molecule has 0 bridgehead atoms. The number of halogens is 3. The number of ether oxygens (including phenoxy) is 2. The van der Waals surface area contributed by atoms with Crippen molar-refractivity contribution in [1.29, 1.82) is 0 Å². The average Bonchev–Trinajstić information content (AvgIpc) is 2.54. The second kappa shape index (κ2) is 7.25. The molecule has 0 spiro atoms. The lowest BCUT2D eigenvalue weighted by atomic mass is 10.0. The maximum atomic E-state index is 12.7. The molecular formula is C17H15F3O4. The summed E-state index contributed by atoms with van der Waals surface area (Å²) in [5.41, 5.74) is -0.606. The molecule has 0 radical (unpaired) electrons. The van der Waals surface area contributed by atoms with Crippen molar-refractivity contribution in [1.82, 2.24) is 0 Å². The number of carboxylic acids is 1. The van der Waals surface area contributed by atoms with E-state index in [1.807, 2.05) is 0 Å². The first kappa shape index (κ1) is 17.7. The number of carbonyl (C=O) groups is 1. The second-order valence-corrected chi connectivity index (χ2v) is 5.03. The maximum Gasteiger partial charge on any atom is 0.416 e. The van der Waals surface area contributed by atoms with Crippen LogP contribution in [0.3, 0.4) is 0 Å². The van der Waals surface area contributed by atoms with Gasteiger partial charge in [0.25, 0.3) is 0 Å². The summed E-state index contributed by atoms with van der Waals surface area (Å²) < 4.78 is 48.6. The van der Waals surface area contributed by atoms with E-state index < -0.39 is 23.8 Å². The van der Waals surface area contributed by atoms with Crippen LogP contribution in [-0.4, -0.2) is 24.3 Å². The third kappa shape index (κ3) is 4.65. The monoisotopic (exact) mass is 340 g/mol. The summed E-state index contributed by atoms with van der Waals surface area (Å²) in [6, 6.07) is 10.9. The smallest absolute Gasteiger partial charge is 0.416 e. The molecule has 1 N–H and O–H groups in total. The van der Waals surface area contributed by atoms with E-state index in [4.69, 9.17) is 9.47 Å². The number of rotatable bonds is 6. The molecule has 4 nitrogen and oxygen atoms in total. The van der Waals surface area contributed by atoms with Crippen LogP contribution in [0.5, 0.6) is 11.5 Å². The van der Waals surface area contributed by atoms with Crippen molar-refractivity contribution in [2.45, 2.75) is 18.7 Å². The molecule has 24 heavy (non-hydrogen) atoms. The van der Waals surface area contributed by atoms with E-state index in [2.05, 4.69) is 0 Å². The summed E-state index contributed by atoms with van der Waals surface area (Å²) in [5.74, 6) is -0.528. The minimum Gasteiger partial charge on any atom is -0.497 e. The highest BCUT2D eigenvalue weighted by molar-refractivity contribution is 5.73. The fourth-order valence-electron chi connectivity index (χ4n) is 2.11. The predicted octanol–water partition coefficient (Wildman–Crippen LogP) is 3.79. The Morgan fingerprint density at radius 1 is 1.12 bits per heavy atom. The van der Waals surface area contributed by atoms with Gasteiger partial charge in [0.1, 0.15) is 11.5 Å². The van der Waals surface area contributed by atoms with Crippen molar-refractivity contribution in [2.24, 2.45) is 0 Å². The molecule has 0 amide bonds. The third-order valence-electron chi connectivity index (χ3n) is 3.27. The fourth-order valence-corrected chi connectivity index (χ4v) is 2.11. The van der Waals surface area contributed by atoms with Crippen LogP contribution in [0.1, 0.15) is 11.1 Å². The molecule has 0 unspecified atom stereocenters. The van der Waals surface area contributed by atoms with Crippen molar-refractivity contribution in [3.8, 4) is 11.5 Å². The van der Waals surface area contributed by atoms with Crippen LogP contribution < -0.4 is 9.47 Å². The lowest BCUT2D eigenvalue weighted by molar-refractivity contribution is -0.145. The van der Waals surface area contributed by atoms with Gasteiger partial charge in [0.2, 0.25) is 0 Å². The normalized spacial score (nSPS) is 12.5. The van der Waals surface area contributed by atoms with Gasteiger partial charge in [-0.3, -0.25) is 0 Å². The number of aliphatic carboxylic acids is 1. The van der Waals surface area contributed by atoms with Crippen LogP contribution in [0.25, 0.3) is 0 Å². The molecule has 0 saturated carbocycles. The minimum atomic E-state index is -4.48. The first-order valence-corrected chi connectivity index (χ1v) is 6.99. The van der Waals surface area contributed by atoms with Crippen LogP contribution in [0.15, 0.2) is 48.5 Å². The molecule has 2 rings (SSSR count). The molecule has 0 saturated heterocycles. The molecule has 7 heteroatoms. The van der Waals surface area contributed by atoms with Gasteiger partial charge in [-0.2, -0.15) is 13.2 Å². The van der Waals surface area contributed by atoms with Gasteiger partial charge < -0.3 is 14.6 Å². The molecule has 0 heterocycles. The van der Waals surface area contributed by atoms with Gasteiger partial charge in [-0.25, -0.2) is 4.79 Å². The van der Waals surface area contributed by atoms with E-state index >= 15 is 0 Å². The van der Waals surface area contributed by atoms with Crippen molar-refractivity contribution in [3.05, 3.63) is 59.7 Å². The largest absolute Gasteiger partial charge is 0.497 e. The Bertz CT molecular complexity index is 713. The average molecular weight is 340 g/mol. The maximum absolute atomic E-state index is 12.7. The van der Waals surface area contributed by atoms with Crippen molar-refractivity contribution in [2.75, 3.05) is 7.11 Å². The van der Waals surface area contributed by atoms with E-state index in [1.165, 1.54) is 25.3 Å². The number of hydrogen-bond donors (Lipinski definition) is 1. The Kier molecular flexibility index (Phi) is 5.33. The van der Waals surface area contributed by atoms with Crippen molar-refractivity contribution in [3.63, 3.8) is 0 Å². The molecule has 0 aliphatic heterocycles. The lowest BCUT2D eigenvalue weighted by Crippen LogP contribution is -2.29. The van der Waals surface area contributed by atoms with E-state index in [9.17, 15) is 23.1 Å². The molecule has 2 aromatic carbocycles. The zero-order valence-electron chi connectivity index (χ0n) is 12.7. The molecule has 128 valence electrons. The van der Waals surface area contributed by atoms with Gasteiger partial charge in [0.05, 0.1) is 12.7 Å². The third-order valence-corrected chi connectivity index (χ3v) is 3.27. The fraction of sp³-hybridized carbons (Fsp3) is 0.235. The number of hydrogen-bond acceptors (Lipinski definition) is 3. The highest BCUT2D eigenvalue weighted by Crippen LogP contribution is 2.30. The quantitative estimate of drug-likeness (QED) is 0.869. The number of alkyl halides is 3. The molecule has 0 aromatic heterocycles. The first-order chi connectivity index (χ1) is 11.3. The SMILES string of the molecule is COc1cccc(O[C@H](Cc2cccc(C(F)(F)F)c2)C(=O)O)c1. The molecule has 2 aromatic rings. The first-order valence-electron chi connectivity index (χ1n) is 6.99. The lowest BCUT2D eigenvalue weighted by Gasteiger charge is -2.16. The van der Waals surface area contributed by atoms with Gasteiger partial charge in [-0.1, -0.05) is 24.3 Å². The van der Waals surface area contributed by atoms with Crippen LogP contribution in [0, 0.1) is 0 Å². The summed E-state index contributed by atoms with van der Waals surface area (Å²) in [7, 11) is 1.45. The zero-order chi connectivity index (χ0) is 17.7. The van der Waals surface area contributed by atoms with Crippen molar-refractivity contribution < 1.29 is 32.5 Å². The standard InChI is InChI=1S/C17H15F3O4/c1-23-13-6-3-7-14(10-13)24-15(16(21)22)9-11-4-2-5-12(8-11)17(18,19)20/h2-8,10,15H,9H2,1H3,(H,21,22)/t15-/m1/s1. The highest BCUT2D eigenvalue weighted by Gasteiger charge is 2.31. The van der Waals surface area contributed by atoms with Crippen LogP contribution in [0.2, 0.25) is 0 Å². The predicted molar refractivity (Wildman–Crippen MR) is 80.2 cm³/mol. The highest BCUT2D eigenvalue weighted by atomic mass is 19.4. The van der Waals surface area contributed by atoms with Gasteiger partial charge >= 0.3 is 12.1 Å². The van der Waals surface area contributed by atoms with Gasteiger partial charge in [0, 0.05) is 12.5 Å². The van der Waals surface area contributed by atoms with Gasteiger partial charge in [-0.15, -0.1) is 0 Å². The van der Waals surface area contributed by atoms with Gasteiger partial charge in [-0.05, 0) is 23.8 Å². The van der Waals surface area contributed by atoms with E-state index in [0.29, 0.717) is 5.75 Å². The summed E-state index contributed by atoms with van der Waals surface area (Å²) in [5, 5.41) is 9.27.